The van der Waals surface area contributed by atoms with Gasteiger partial charge in [-0.05, 0) is 0 Å². The van der Waals surface area contributed by atoms with Crippen molar-refractivity contribution >= 4 is 18.5 Å². The molecule has 0 aromatic heterocycles. The van der Waals surface area contributed by atoms with Gasteiger partial charge >= 0.3 is 163 Å². The number of halogens is 48. The van der Waals surface area contributed by atoms with Gasteiger partial charge in [0.2, 0.25) is 0 Å². The third-order valence-electron chi connectivity index (χ3n) is 10.0. The van der Waals surface area contributed by atoms with Gasteiger partial charge in [0.15, 0.2) is 19.3 Å². The highest BCUT2D eigenvalue weighted by Crippen LogP contribution is 2.61. The molecular formula is C38H26F48O17. The van der Waals surface area contributed by atoms with E-state index in [9.17, 15) is 225 Å². The third-order valence-corrected chi connectivity index (χ3v) is 10.0. The average Bonchev–Trinajstić information content (AvgIpc) is 0.848. The van der Waals surface area contributed by atoms with Gasteiger partial charge in [-0.3, -0.25) is 33.2 Å². The molecule has 0 N–H and O–H groups in total. The molecule has 616 valence electrons. The molecule has 0 radical (unpaired) electrons. The lowest BCUT2D eigenvalue weighted by molar-refractivity contribution is -0.575. The first-order chi connectivity index (χ1) is 44.3. The summed E-state index contributed by atoms with van der Waals surface area (Å²) in [5, 5.41) is 0. The largest absolute Gasteiger partial charge is 0.508 e. The summed E-state index contributed by atoms with van der Waals surface area (Å²) in [4.78, 5) is 31.7. The summed E-state index contributed by atoms with van der Waals surface area (Å²) in [5.41, 5.74) is 0. The molecule has 1 aliphatic rings. The second-order valence-electron chi connectivity index (χ2n) is 18.3. The van der Waals surface area contributed by atoms with Crippen molar-refractivity contribution in [1.29, 1.82) is 0 Å². The molecule has 1 heterocycles. The maximum Gasteiger partial charge on any atom is 0.508 e. The minimum Gasteiger partial charge on any atom is -0.438 e. The first kappa shape index (κ1) is 99.2. The molecule has 0 aromatic rings. The number of carbonyl (C=O) groups excluding carboxylic acids is 3. The van der Waals surface area contributed by atoms with Crippen LogP contribution in [0.4, 0.5) is 225 Å². The summed E-state index contributed by atoms with van der Waals surface area (Å²) in [7, 11) is 0.629. The number of hydrogen-bond donors (Lipinski definition) is 0. The van der Waals surface area contributed by atoms with Crippen molar-refractivity contribution in [3.05, 3.63) is 0 Å². The molecule has 0 saturated carbocycles. The molecule has 65 heteroatoms. The van der Waals surface area contributed by atoms with E-state index in [1.807, 2.05) is 14.2 Å². The van der Waals surface area contributed by atoms with Gasteiger partial charge in [0.05, 0.1) is 20.8 Å². The molecule has 1 fully saturated rings. The van der Waals surface area contributed by atoms with Crippen LogP contribution >= 0.6 is 0 Å². The Labute approximate surface area is 529 Å². The number of alkyl halides is 48. The number of cyclic esters (lactones) is 2. The molecule has 0 aliphatic carbocycles. The summed E-state index contributed by atoms with van der Waals surface area (Å²) in [6.07, 6.45) is -111. The highest BCUT2D eigenvalue weighted by atomic mass is 19.5. The minimum atomic E-state index is -8.34. The predicted octanol–water partition coefficient (Wildman–Crippen LogP) is 16.9. The topological polar surface area (TPSA) is 180 Å². The van der Waals surface area contributed by atoms with Gasteiger partial charge in [0, 0.05) is 20.8 Å². The standard InChI is InChI=1S/C14H8F20O6.C13H10F14O6.C11H8F14O5/c1-5(15,16)12(29,30)39-8(19,11(26,27)28)14(33,34)40-7(18,10(23,24)25)13(31,32)38-6(17,9(20,21)22)3-37-4(35)36-2;1-7(14,15)12(24,25)33-9(17,11(21,22)23)13(26,27)32-8(16,10(18,19)20)4-29-2-5-3-30-6(28)31-5;1-5(12,13)10(22,23)30-7(15,9(19,20)21)11(24,25)29-6(14,8(16,17)18)3-28-4(26)27-2/h3H2,1-2H3;5H,2-4H2,1H3;3H2,1-2H3. The summed E-state index contributed by atoms with van der Waals surface area (Å²) in [6, 6.07) is 0. The highest BCUT2D eigenvalue weighted by molar-refractivity contribution is 5.61. The summed E-state index contributed by atoms with van der Waals surface area (Å²) < 4.78 is 669. The first-order valence-electron chi connectivity index (χ1n) is 23.1. The molecule has 0 aromatic carbocycles. The Morgan fingerprint density at radius 1 is 0.320 bits per heavy atom. The first-order valence-corrected chi connectivity index (χ1v) is 23.1. The highest BCUT2D eigenvalue weighted by Gasteiger charge is 2.88. The van der Waals surface area contributed by atoms with Crippen LogP contribution in [-0.2, 0) is 66.3 Å². The van der Waals surface area contributed by atoms with E-state index < -0.39 is 223 Å². The van der Waals surface area contributed by atoms with E-state index in [0.717, 1.165) is 0 Å². The second kappa shape index (κ2) is 30.4. The lowest BCUT2D eigenvalue weighted by Crippen LogP contribution is -2.70. The van der Waals surface area contributed by atoms with Crippen LogP contribution < -0.4 is 0 Å². The fraction of sp³-hybridized carbons (Fsp3) is 0.921. The Morgan fingerprint density at radius 3 is 0.699 bits per heavy atom. The van der Waals surface area contributed by atoms with E-state index in [1.165, 1.54) is 9.47 Å². The smallest absolute Gasteiger partial charge is 0.438 e. The van der Waals surface area contributed by atoms with Crippen LogP contribution in [0.5, 0.6) is 0 Å². The monoisotopic (exact) mass is 1670 g/mol. The SMILES string of the molecule is CC(F)(F)C(F)(F)OC(F)(C(F)(F)F)C(F)(F)OC(F)(COCC1COC(=O)O1)C(F)(F)F.COC(=O)OCC(F)(OC(F)(F)C(F)(OC(F)(F)C(C)(F)F)C(F)(F)F)C(F)(F)F.COC(=O)OCC(F)(OC(F)(F)C(F)(OC(F)(F)C(F)(OC(F)(F)C(C)(F)F)C(F)(F)F)C(F)(F)F)C(F)(F)F. The van der Waals surface area contributed by atoms with Crippen LogP contribution in [0.15, 0.2) is 0 Å². The van der Waals surface area contributed by atoms with Gasteiger partial charge in [-0.2, -0.15) is 211 Å². The average molecular weight is 1670 g/mol. The normalized spacial score (nSPS) is 20.0. The van der Waals surface area contributed by atoms with Crippen molar-refractivity contribution in [2.45, 2.75) is 172 Å². The van der Waals surface area contributed by atoms with E-state index in [0.29, 0.717) is 7.11 Å². The van der Waals surface area contributed by atoms with Gasteiger partial charge in [0.1, 0.15) is 13.2 Å². The van der Waals surface area contributed by atoms with Crippen molar-refractivity contribution in [2.75, 3.05) is 47.3 Å². The molecule has 1 rings (SSSR count). The summed E-state index contributed by atoms with van der Waals surface area (Å²) in [5.74, 6) is -67.9. The molecular weight excluding hydrogens is 1640 g/mol. The number of rotatable bonds is 29. The molecule has 17 nitrogen and oxygen atoms in total. The van der Waals surface area contributed by atoms with Crippen LogP contribution in [0.3, 0.4) is 0 Å². The van der Waals surface area contributed by atoms with Crippen molar-refractivity contribution in [1.82, 2.24) is 0 Å². The number of ether oxygens (including phenoxy) is 14. The number of carbonyl (C=O) groups is 3. The number of hydrogen-bond acceptors (Lipinski definition) is 17. The van der Waals surface area contributed by atoms with E-state index >= 15 is 0 Å². The van der Waals surface area contributed by atoms with E-state index in [1.54, 1.807) is 0 Å². The van der Waals surface area contributed by atoms with E-state index in [2.05, 4.69) is 42.6 Å². The molecule has 8 atom stereocenters. The molecule has 8 unspecified atom stereocenters. The van der Waals surface area contributed by atoms with Crippen LogP contribution in [0.1, 0.15) is 20.8 Å². The van der Waals surface area contributed by atoms with Crippen LogP contribution in [0.25, 0.3) is 0 Å². The fourth-order valence-electron chi connectivity index (χ4n) is 4.67. The van der Waals surface area contributed by atoms with Gasteiger partial charge in [-0.1, -0.05) is 0 Å². The Bertz CT molecular complexity index is 2790. The Morgan fingerprint density at radius 2 is 0.524 bits per heavy atom. The fourth-order valence-corrected chi connectivity index (χ4v) is 4.67. The van der Waals surface area contributed by atoms with Gasteiger partial charge in [0.25, 0.3) is 0 Å². The van der Waals surface area contributed by atoms with Crippen molar-refractivity contribution < 1.29 is 291 Å². The van der Waals surface area contributed by atoms with Gasteiger partial charge < -0.3 is 33.2 Å². The minimum absolute atomic E-state index is 0.237. The molecule has 1 saturated heterocycles. The Kier molecular flexibility index (Phi) is 29.3. The van der Waals surface area contributed by atoms with Crippen molar-refractivity contribution in [2.24, 2.45) is 0 Å². The molecule has 1 aliphatic heterocycles. The zero-order chi connectivity index (χ0) is 83.7. The maximum absolute atomic E-state index is 14.2. The summed E-state index contributed by atoms with van der Waals surface area (Å²) in [6.45, 7) is -14.2. The zero-order valence-corrected chi connectivity index (χ0v) is 47.7. The molecule has 103 heavy (non-hydrogen) atoms. The summed E-state index contributed by atoms with van der Waals surface area (Å²) >= 11 is 0. The van der Waals surface area contributed by atoms with Gasteiger partial charge in [-0.15, -0.1) is 0 Å². The van der Waals surface area contributed by atoms with Gasteiger partial charge in [-0.25, -0.2) is 14.4 Å². The molecule has 0 spiro atoms. The predicted molar refractivity (Wildman–Crippen MR) is 207 cm³/mol. The Balaban J connectivity index is 0. The third kappa shape index (κ3) is 22.6. The van der Waals surface area contributed by atoms with Crippen molar-refractivity contribution in [3.63, 3.8) is 0 Å². The lowest BCUT2D eigenvalue weighted by atomic mass is 10.2. The van der Waals surface area contributed by atoms with Crippen LogP contribution in [0.2, 0.25) is 0 Å². The molecule has 0 bridgehead atoms. The maximum atomic E-state index is 14.2. The molecule has 0 amide bonds. The Hall–Kier alpha value is -5.87. The lowest BCUT2D eigenvalue weighted by Gasteiger charge is -2.42. The van der Waals surface area contributed by atoms with E-state index in [-0.39, 0.29) is 7.11 Å². The quantitative estimate of drug-likeness (QED) is 0.0391. The van der Waals surface area contributed by atoms with E-state index in [4.69, 9.17) is 0 Å². The van der Waals surface area contributed by atoms with Crippen LogP contribution in [-0.4, -0.2) is 217 Å². The zero-order valence-electron chi connectivity index (χ0n) is 47.7. The van der Waals surface area contributed by atoms with Crippen LogP contribution in [0, 0.1) is 0 Å². The second-order valence-corrected chi connectivity index (χ2v) is 18.3. The number of methoxy groups -OCH3 is 2. The van der Waals surface area contributed by atoms with Crippen molar-refractivity contribution in [3.8, 4) is 0 Å².